The molecule has 3 rings (SSSR count). The van der Waals surface area contributed by atoms with E-state index in [0.29, 0.717) is 0 Å². The summed E-state index contributed by atoms with van der Waals surface area (Å²) < 4.78 is 0. The summed E-state index contributed by atoms with van der Waals surface area (Å²) in [5, 5.41) is 16.2. The molecule has 0 aromatic heterocycles. The van der Waals surface area contributed by atoms with Crippen molar-refractivity contribution in [3.63, 3.8) is 0 Å². The van der Waals surface area contributed by atoms with E-state index in [2.05, 4.69) is 34.2 Å². The number of hydrazone groups is 1. The SMILES string of the molecule is C/C(=N/N1CCN(c2ccccc2)CC1)c1ccc(O)cc1. The highest BCUT2D eigenvalue weighted by Gasteiger charge is 2.16. The van der Waals surface area contributed by atoms with Crippen LogP contribution in [0.4, 0.5) is 5.69 Å². The topological polar surface area (TPSA) is 39.1 Å². The molecule has 1 fully saturated rings. The molecule has 2 aromatic carbocycles. The van der Waals surface area contributed by atoms with Crippen molar-refractivity contribution >= 4 is 11.4 Å². The van der Waals surface area contributed by atoms with E-state index in [1.54, 1.807) is 12.1 Å². The van der Waals surface area contributed by atoms with Crippen molar-refractivity contribution in [1.29, 1.82) is 0 Å². The molecule has 1 aliphatic rings. The maximum Gasteiger partial charge on any atom is 0.115 e. The molecule has 114 valence electrons. The quantitative estimate of drug-likeness (QED) is 0.885. The van der Waals surface area contributed by atoms with Gasteiger partial charge in [0.1, 0.15) is 5.75 Å². The van der Waals surface area contributed by atoms with Crippen LogP contribution < -0.4 is 4.90 Å². The molecule has 0 unspecified atom stereocenters. The third kappa shape index (κ3) is 3.39. The second-order valence-corrected chi connectivity index (χ2v) is 5.51. The molecular weight excluding hydrogens is 274 g/mol. The molecule has 0 aliphatic carbocycles. The van der Waals surface area contributed by atoms with Crippen molar-refractivity contribution in [1.82, 2.24) is 5.01 Å². The summed E-state index contributed by atoms with van der Waals surface area (Å²) in [6.45, 7) is 5.82. The van der Waals surface area contributed by atoms with Crippen LogP contribution in [0.1, 0.15) is 12.5 Å². The van der Waals surface area contributed by atoms with Crippen molar-refractivity contribution in [3.05, 3.63) is 60.2 Å². The molecule has 4 nitrogen and oxygen atoms in total. The first-order valence-electron chi connectivity index (χ1n) is 7.62. The summed E-state index contributed by atoms with van der Waals surface area (Å²) in [5.41, 5.74) is 3.30. The van der Waals surface area contributed by atoms with Crippen LogP contribution in [0.3, 0.4) is 0 Å². The predicted octanol–water partition coefficient (Wildman–Crippen LogP) is 2.94. The summed E-state index contributed by atoms with van der Waals surface area (Å²) in [6.07, 6.45) is 0. The van der Waals surface area contributed by atoms with Crippen LogP contribution in [0.5, 0.6) is 5.75 Å². The number of piperazine rings is 1. The number of hydrogen-bond donors (Lipinski definition) is 1. The minimum absolute atomic E-state index is 0.285. The average molecular weight is 295 g/mol. The zero-order valence-corrected chi connectivity index (χ0v) is 12.8. The molecule has 1 heterocycles. The lowest BCUT2D eigenvalue weighted by molar-refractivity contribution is 0.270. The number of benzene rings is 2. The number of nitrogens with zero attached hydrogens (tertiary/aromatic N) is 3. The van der Waals surface area contributed by atoms with Crippen LogP contribution in [0, 0.1) is 0 Å². The number of hydrogen-bond acceptors (Lipinski definition) is 4. The summed E-state index contributed by atoms with van der Waals surface area (Å²) in [7, 11) is 0. The molecule has 0 spiro atoms. The summed E-state index contributed by atoms with van der Waals surface area (Å²) in [5.74, 6) is 0.285. The van der Waals surface area contributed by atoms with Gasteiger partial charge < -0.3 is 10.0 Å². The van der Waals surface area contributed by atoms with Crippen molar-refractivity contribution in [2.75, 3.05) is 31.1 Å². The first kappa shape index (κ1) is 14.4. The van der Waals surface area contributed by atoms with Crippen LogP contribution in [0.2, 0.25) is 0 Å². The van der Waals surface area contributed by atoms with Crippen molar-refractivity contribution in [2.45, 2.75) is 6.92 Å². The fourth-order valence-electron chi connectivity index (χ4n) is 2.67. The smallest absolute Gasteiger partial charge is 0.115 e. The van der Waals surface area contributed by atoms with Gasteiger partial charge in [-0.2, -0.15) is 5.10 Å². The van der Waals surface area contributed by atoms with E-state index in [0.717, 1.165) is 37.5 Å². The number of aromatic hydroxyl groups is 1. The van der Waals surface area contributed by atoms with Gasteiger partial charge in [0.05, 0.1) is 18.8 Å². The minimum atomic E-state index is 0.285. The fourth-order valence-corrected chi connectivity index (χ4v) is 2.67. The molecule has 0 radical (unpaired) electrons. The highest BCUT2D eigenvalue weighted by atomic mass is 16.3. The molecule has 4 heteroatoms. The Bertz CT molecular complexity index is 629. The Morgan fingerprint density at radius 3 is 2.18 bits per heavy atom. The molecule has 1 saturated heterocycles. The normalized spacial score (nSPS) is 16.0. The third-order valence-electron chi connectivity index (χ3n) is 3.95. The summed E-state index contributed by atoms with van der Waals surface area (Å²) in [6, 6.07) is 17.7. The van der Waals surface area contributed by atoms with E-state index < -0.39 is 0 Å². The molecule has 0 saturated carbocycles. The standard InChI is InChI=1S/C18H21N3O/c1-15(16-7-9-18(22)10-8-16)19-21-13-11-20(12-14-21)17-5-3-2-4-6-17/h2-10,22H,11-14H2,1H3/b19-15-. The molecule has 1 aliphatic heterocycles. The Kier molecular flexibility index (Phi) is 4.28. The molecule has 0 atom stereocenters. The van der Waals surface area contributed by atoms with E-state index in [-0.39, 0.29) is 5.75 Å². The van der Waals surface area contributed by atoms with Gasteiger partial charge in [0, 0.05) is 18.8 Å². The van der Waals surface area contributed by atoms with Gasteiger partial charge in [0.15, 0.2) is 0 Å². The van der Waals surface area contributed by atoms with Gasteiger partial charge >= 0.3 is 0 Å². The molecule has 0 amide bonds. The lowest BCUT2D eigenvalue weighted by Crippen LogP contribution is -2.44. The average Bonchev–Trinajstić information content (AvgIpc) is 2.57. The minimum Gasteiger partial charge on any atom is -0.508 e. The number of rotatable bonds is 3. The van der Waals surface area contributed by atoms with Crippen molar-refractivity contribution in [2.24, 2.45) is 5.10 Å². The van der Waals surface area contributed by atoms with E-state index >= 15 is 0 Å². The lowest BCUT2D eigenvalue weighted by atomic mass is 10.1. The molecule has 2 aromatic rings. The zero-order chi connectivity index (χ0) is 15.4. The second kappa shape index (κ2) is 6.52. The van der Waals surface area contributed by atoms with E-state index in [1.165, 1.54) is 5.69 Å². The monoisotopic (exact) mass is 295 g/mol. The lowest BCUT2D eigenvalue weighted by Gasteiger charge is -2.34. The Hall–Kier alpha value is -2.49. The van der Waals surface area contributed by atoms with E-state index in [1.807, 2.05) is 25.1 Å². The van der Waals surface area contributed by atoms with E-state index in [9.17, 15) is 5.11 Å². The molecule has 0 bridgehead atoms. The second-order valence-electron chi connectivity index (χ2n) is 5.51. The number of phenols is 1. The van der Waals surface area contributed by atoms with Crippen LogP contribution >= 0.6 is 0 Å². The van der Waals surface area contributed by atoms with Gasteiger partial charge in [-0.3, -0.25) is 5.01 Å². The van der Waals surface area contributed by atoms with Crippen LogP contribution in [0.25, 0.3) is 0 Å². The Morgan fingerprint density at radius 2 is 1.55 bits per heavy atom. The van der Waals surface area contributed by atoms with Gasteiger partial charge in [-0.25, -0.2) is 0 Å². The van der Waals surface area contributed by atoms with Gasteiger partial charge in [0.25, 0.3) is 0 Å². The molecule has 1 N–H and O–H groups in total. The fraction of sp³-hybridized carbons (Fsp3) is 0.278. The van der Waals surface area contributed by atoms with Gasteiger partial charge in [-0.1, -0.05) is 18.2 Å². The predicted molar refractivity (Wildman–Crippen MR) is 90.5 cm³/mol. The van der Waals surface area contributed by atoms with Crippen LogP contribution in [-0.4, -0.2) is 42.0 Å². The maximum absolute atomic E-state index is 9.34. The van der Waals surface area contributed by atoms with Crippen molar-refractivity contribution in [3.8, 4) is 5.75 Å². The third-order valence-corrected chi connectivity index (χ3v) is 3.95. The summed E-state index contributed by atoms with van der Waals surface area (Å²) >= 11 is 0. The number of para-hydroxylation sites is 1. The first-order chi connectivity index (χ1) is 10.7. The van der Waals surface area contributed by atoms with Crippen molar-refractivity contribution < 1.29 is 5.11 Å². The molecular formula is C18H21N3O. The van der Waals surface area contributed by atoms with Gasteiger partial charge in [-0.15, -0.1) is 0 Å². The van der Waals surface area contributed by atoms with Crippen LogP contribution in [0.15, 0.2) is 59.7 Å². The number of anilines is 1. The Morgan fingerprint density at radius 1 is 0.909 bits per heavy atom. The van der Waals surface area contributed by atoms with Gasteiger partial charge in [0.2, 0.25) is 0 Å². The highest BCUT2D eigenvalue weighted by molar-refractivity contribution is 5.98. The zero-order valence-electron chi connectivity index (χ0n) is 12.8. The Labute approximate surface area is 131 Å². The maximum atomic E-state index is 9.34. The molecule has 22 heavy (non-hydrogen) atoms. The van der Waals surface area contributed by atoms with Crippen LogP contribution in [-0.2, 0) is 0 Å². The largest absolute Gasteiger partial charge is 0.508 e. The van der Waals surface area contributed by atoms with E-state index in [4.69, 9.17) is 5.10 Å². The summed E-state index contributed by atoms with van der Waals surface area (Å²) in [4.78, 5) is 2.39. The highest BCUT2D eigenvalue weighted by Crippen LogP contribution is 2.16. The van der Waals surface area contributed by atoms with Gasteiger partial charge in [-0.05, 0) is 48.9 Å². The Balaban J connectivity index is 1.61. The number of phenolic OH excluding ortho intramolecular Hbond substituents is 1. The first-order valence-corrected chi connectivity index (χ1v) is 7.62.